The molecule has 1 aromatic rings. The van der Waals surface area contributed by atoms with E-state index < -0.39 is 5.97 Å². The summed E-state index contributed by atoms with van der Waals surface area (Å²) in [6.45, 7) is 0. The van der Waals surface area contributed by atoms with Crippen LogP contribution in [0.4, 0.5) is 0 Å². The molecule has 6 nitrogen and oxygen atoms in total. The maximum Gasteiger partial charge on any atom is 0.343 e. The Bertz CT molecular complexity index is 441. The number of aromatic nitrogens is 3. The van der Waals surface area contributed by atoms with Crippen LogP contribution >= 0.6 is 0 Å². The van der Waals surface area contributed by atoms with Crippen LogP contribution in [0.5, 0.6) is 0 Å². The standard InChI is InChI=1S/C11H17N3O3/c15-10(16)7-9-12-11(17)14(13-9)8-5-3-1-2-4-6-8/h8H,1-7H2,(H,15,16)(H,12,13,17). The smallest absolute Gasteiger partial charge is 0.343 e. The lowest BCUT2D eigenvalue weighted by Gasteiger charge is -2.12. The number of carboxylic acid groups (broad SMARTS) is 1. The lowest BCUT2D eigenvalue weighted by molar-refractivity contribution is -0.136. The van der Waals surface area contributed by atoms with Gasteiger partial charge in [-0.05, 0) is 12.8 Å². The number of H-pyrrole nitrogens is 1. The molecule has 17 heavy (non-hydrogen) atoms. The summed E-state index contributed by atoms with van der Waals surface area (Å²) in [5.41, 5.74) is -0.284. The van der Waals surface area contributed by atoms with Gasteiger partial charge >= 0.3 is 11.7 Å². The summed E-state index contributed by atoms with van der Waals surface area (Å²) in [7, 11) is 0. The molecule has 0 atom stereocenters. The SMILES string of the molecule is O=C(O)Cc1nn(C2CCCCCC2)c(=O)[nH]1. The van der Waals surface area contributed by atoms with Crippen molar-refractivity contribution in [3.8, 4) is 0 Å². The zero-order valence-electron chi connectivity index (χ0n) is 9.69. The summed E-state index contributed by atoms with van der Waals surface area (Å²) in [6.07, 6.45) is 6.31. The Morgan fingerprint density at radius 1 is 1.35 bits per heavy atom. The number of nitrogens with one attached hydrogen (secondary N) is 1. The fourth-order valence-corrected chi connectivity index (χ4v) is 2.35. The van der Waals surface area contributed by atoms with Crippen LogP contribution in [0.3, 0.4) is 0 Å². The molecule has 94 valence electrons. The highest BCUT2D eigenvalue weighted by Gasteiger charge is 2.18. The molecule has 0 unspecified atom stereocenters. The van der Waals surface area contributed by atoms with Gasteiger partial charge < -0.3 is 5.11 Å². The second-order valence-corrected chi connectivity index (χ2v) is 4.54. The van der Waals surface area contributed by atoms with E-state index in [2.05, 4.69) is 10.1 Å². The predicted molar refractivity (Wildman–Crippen MR) is 60.9 cm³/mol. The fraction of sp³-hybridized carbons (Fsp3) is 0.727. The Hall–Kier alpha value is -1.59. The minimum absolute atomic E-state index is 0.129. The first kappa shape index (κ1) is 11.9. The number of aromatic amines is 1. The normalized spacial score (nSPS) is 17.9. The molecule has 1 aliphatic rings. The van der Waals surface area contributed by atoms with Crippen molar-refractivity contribution < 1.29 is 9.90 Å². The Morgan fingerprint density at radius 2 is 2.00 bits per heavy atom. The Morgan fingerprint density at radius 3 is 2.59 bits per heavy atom. The van der Waals surface area contributed by atoms with Gasteiger partial charge in [0, 0.05) is 0 Å². The Labute approximate surface area is 98.7 Å². The highest BCUT2D eigenvalue weighted by atomic mass is 16.4. The monoisotopic (exact) mass is 239 g/mol. The van der Waals surface area contributed by atoms with Crippen molar-refractivity contribution >= 4 is 5.97 Å². The molecule has 6 heteroatoms. The van der Waals surface area contributed by atoms with Gasteiger partial charge in [0.2, 0.25) is 0 Å². The Kier molecular flexibility index (Phi) is 3.61. The van der Waals surface area contributed by atoms with E-state index >= 15 is 0 Å². The van der Waals surface area contributed by atoms with E-state index in [0.29, 0.717) is 0 Å². The summed E-state index contributed by atoms with van der Waals surface area (Å²) in [6, 6.07) is 0.129. The van der Waals surface area contributed by atoms with Crippen molar-refractivity contribution in [3.63, 3.8) is 0 Å². The van der Waals surface area contributed by atoms with Crippen LogP contribution in [0, 0.1) is 0 Å². The molecule has 1 fully saturated rings. The molecule has 2 N–H and O–H groups in total. The number of hydrogen-bond acceptors (Lipinski definition) is 3. The summed E-state index contributed by atoms with van der Waals surface area (Å²) < 4.78 is 1.43. The van der Waals surface area contributed by atoms with Crippen molar-refractivity contribution in [2.75, 3.05) is 0 Å². The van der Waals surface area contributed by atoms with Gasteiger partial charge in [-0.3, -0.25) is 9.78 Å². The van der Waals surface area contributed by atoms with Crippen LogP contribution in [0.1, 0.15) is 50.4 Å². The molecule has 1 heterocycles. The third-order valence-electron chi connectivity index (χ3n) is 3.18. The van der Waals surface area contributed by atoms with Crippen molar-refractivity contribution in [1.82, 2.24) is 14.8 Å². The minimum atomic E-state index is -0.980. The minimum Gasteiger partial charge on any atom is -0.481 e. The topological polar surface area (TPSA) is 88.0 Å². The van der Waals surface area contributed by atoms with Gasteiger partial charge in [-0.1, -0.05) is 25.7 Å². The van der Waals surface area contributed by atoms with Crippen molar-refractivity contribution in [3.05, 3.63) is 16.3 Å². The summed E-state index contributed by atoms with van der Waals surface area (Å²) in [5, 5.41) is 12.7. The number of aliphatic carboxylic acids is 1. The van der Waals surface area contributed by atoms with Crippen LogP contribution in [0.15, 0.2) is 4.79 Å². The number of carboxylic acids is 1. The second-order valence-electron chi connectivity index (χ2n) is 4.54. The van der Waals surface area contributed by atoms with Crippen LogP contribution in [-0.4, -0.2) is 25.8 Å². The van der Waals surface area contributed by atoms with E-state index in [9.17, 15) is 9.59 Å². The summed E-state index contributed by atoms with van der Waals surface area (Å²) in [4.78, 5) is 24.7. The van der Waals surface area contributed by atoms with E-state index in [1.54, 1.807) is 0 Å². The van der Waals surface area contributed by atoms with Crippen molar-refractivity contribution in [2.45, 2.75) is 51.0 Å². The second kappa shape index (κ2) is 5.16. The fourth-order valence-electron chi connectivity index (χ4n) is 2.35. The van der Waals surface area contributed by atoms with Gasteiger partial charge in [0.25, 0.3) is 0 Å². The van der Waals surface area contributed by atoms with Gasteiger partial charge in [-0.15, -0.1) is 0 Å². The van der Waals surface area contributed by atoms with Gasteiger partial charge in [0.05, 0.1) is 6.04 Å². The van der Waals surface area contributed by atoms with Gasteiger partial charge in [-0.25, -0.2) is 9.48 Å². The zero-order valence-corrected chi connectivity index (χ0v) is 9.69. The molecular weight excluding hydrogens is 222 g/mol. The molecule has 0 aromatic carbocycles. The third kappa shape index (κ3) is 2.95. The zero-order chi connectivity index (χ0) is 12.3. The van der Waals surface area contributed by atoms with E-state index in [1.807, 2.05) is 0 Å². The molecule has 1 aliphatic carbocycles. The predicted octanol–water partition coefficient (Wildman–Crippen LogP) is 1.09. The molecule has 0 bridgehead atoms. The van der Waals surface area contributed by atoms with E-state index in [0.717, 1.165) is 25.7 Å². The Balaban J connectivity index is 2.16. The lowest BCUT2D eigenvalue weighted by Crippen LogP contribution is -2.23. The third-order valence-corrected chi connectivity index (χ3v) is 3.18. The molecule has 1 saturated carbocycles. The number of rotatable bonds is 3. The van der Waals surface area contributed by atoms with E-state index in [-0.39, 0.29) is 24.0 Å². The van der Waals surface area contributed by atoms with Crippen LogP contribution in [-0.2, 0) is 11.2 Å². The number of hydrogen-bond donors (Lipinski definition) is 2. The molecular formula is C11H17N3O3. The van der Waals surface area contributed by atoms with Crippen molar-refractivity contribution in [2.24, 2.45) is 0 Å². The number of carbonyl (C=O) groups is 1. The lowest BCUT2D eigenvalue weighted by atomic mass is 10.1. The maximum absolute atomic E-state index is 11.7. The number of nitrogens with zero attached hydrogens (tertiary/aromatic N) is 2. The molecule has 1 aromatic heterocycles. The molecule has 0 amide bonds. The molecule has 0 aliphatic heterocycles. The highest BCUT2D eigenvalue weighted by molar-refractivity contribution is 5.68. The van der Waals surface area contributed by atoms with Crippen LogP contribution in [0.25, 0.3) is 0 Å². The van der Waals surface area contributed by atoms with Gasteiger partial charge in [0.15, 0.2) is 0 Å². The quantitative estimate of drug-likeness (QED) is 0.773. The van der Waals surface area contributed by atoms with Crippen LogP contribution < -0.4 is 5.69 Å². The van der Waals surface area contributed by atoms with Gasteiger partial charge in [-0.2, -0.15) is 5.10 Å². The molecule has 0 saturated heterocycles. The maximum atomic E-state index is 11.7. The van der Waals surface area contributed by atoms with Gasteiger partial charge in [0.1, 0.15) is 12.2 Å². The summed E-state index contributed by atoms with van der Waals surface area (Å²) >= 11 is 0. The molecule has 0 spiro atoms. The largest absolute Gasteiger partial charge is 0.481 e. The average Bonchev–Trinajstić information content (AvgIpc) is 2.52. The highest BCUT2D eigenvalue weighted by Crippen LogP contribution is 2.25. The van der Waals surface area contributed by atoms with E-state index in [4.69, 9.17) is 5.11 Å². The van der Waals surface area contributed by atoms with Crippen molar-refractivity contribution in [1.29, 1.82) is 0 Å². The first-order chi connectivity index (χ1) is 8.16. The van der Waals surface area contributed by atoms with Crippen LogP contribution in [0.2, 0.25) is 0 Å². The molecule has 0 radical (unpaired) electrons. The van der Waals surface area contributed by atoms with E-state index in [1.165, 1.54) is 17.5 Å². The first-order valence-electron chi connectivity index (χ1n) is 6.06. The average molecular weight is 239 g/mol. The molecule has 2 rings (SSSR count). The summed E-state index contributed by atoms with van der Waals surface area (Å²) in [5.74, 6) is -0.737. The first-order valence-corrected chi connectivity index (χ1v) is 6.06.